The van der Waals surface area contributed by atoms with Gasteiger partial charge in [-0.05, 0) is 17.9 Å². The second kappa shape index (κ2) is 8.32. The lowest BCUT2D eigenvalue weighted by Gasteiger charge is -2.17. The summed E-state index contributed by atoms with van der Waals surface area (Å²) in [5.41, 5.74) is -1.16. The number of aliphatic carboxylic acids is 1. The summed E-state index contributed by atoms with van der Waals surface area (Å²) in [4.78, 5) is 55.0. The Balaban J connectivity index is 2.81. The van der Waals surface area contributed by atoms with Gasteiger partial charge in [0.25, 0.3) is 11.5 Å². The average Bonchev–Trinajstić information content (AvgIpc) is 2.61. The number of pyridine rings is 1. The number of rotatable bonds is 7. The molecule has 0 aliphatic heterocycles. The van der Waals surface area contributed by atoms with E-state index in [1.54, 1.807) is 0 Å². The Hall–Kier alpha value is -3.04. The van der Waals surface area contributed by atoms with E-state index in [0.717, 1.165) is 0 Å². The lowest BCUT2D eigenvalue weighted by Crippen LogP contribution is -2.43. The average molecular weight is 394 g/mol. The molecule has 0 aliphatic carbocycles. The van der Waals surface area contributed by atoms with Crippen LogP contribution in [0.2, 0.25) is 0 Å². The van der Waals surface area contributed by atoms with Crippen LogP contribution in [0.4, 0.5) is 4.39 Å². The van der Waals surface area contributed by atoms with E-state index in [2.05, 4.69) is 15.3 Å². The number of hydrogen-bond donors (Lipinski definition) is 3. The standard InChI is InChI=1S/C18H23FN4O5/c1-8(2)7-23-14-13(16(25)22-18(23)28)10(5-11(20-14)9(3)4)15(24)21-12(6-19)17(26)27/h5,8-9,12H,6-7H2,1-4H3,(H,21,24)(H,26,27)(H,22,25,28). The number of aromatic nitrogens is 3. The van der Waals surface area contributed by atoms with Crippen LogP contribution in [0.5, 0.6) is 0 Å². The van der Waals surface area contributed by atoms with Crippen molar-refractivity contribution in [1.29, 1.82) is 0 Å². The van der Waals surface area contributed by atoms with Gasteiger partial charge in [0, 0.05) is 12.2 Å². The topological polar surface area (TPSA) is 134 Å². The molecule has 10 heteroatoms. The Morgan fingerprint density at radius 1 is 1.29 bits per heavy atom. The number of alkyl halides is 1. The van der Waals surface area contributed by atoms with Crippen molar-refractivity contribution in [2.45, 2.75) is 46.2 Å². The van der Waals surface area contributed by atoms with E-state index < -0.39 is 35.8 Å². The number of nitrogens with one attached hydrogen (secondary N) is 2. The summed E-state index contributed by atoms with van der Waals surface area (Å²) in [5.74, 6) is -2.56. The summed E-state index contributed by atoms with van der Waals surface area (Å²) in [6.07, 6.45) is 0. The van der Waals surface area contributed by atoms with Gasteiger partial charge >= 0.3 is 11.7 Å². The fraction of sp³-hybridized carbons (Fsp3) is 0.500. The molecule has 1 amide bonds. The minimum absolute atomic E-state index is 0.0333. The molecule has 1 unspecified atom stereocenters. The lowest BCUT2D eigenvalue weighted by atomic mass is 10.0. The number of aromatic amines is 1. The predicted octanol–water partition coefficient (Wildman–Crippen LogP) is 1.02. The van der Waals surface area contributed by atoms with Crippen LogP contribution in [-0.2, 0) is 11.3 Å². The molecule has 3 N–H and O–H groups in total. The first-order valence-electron chi connectivity index (χ1n) is 8.84. The number of carboxylic acids is 1. The van der Waals surface area contributed by atoms with Crippen molar-refractivity contribution in [2.75, 3.05) is 6.67 Å². The van der Waals surface area contributed by atoms with Crippen LogP contribution >= 0.6 is 0 Å². The fourth-order valence-electron chi connectivity index (χ4n) is 2.71. The third-order valence-electron chi connectivity index (χ3n) is 4.11. The monoisotopic (exact) mass is 394 g/mol. The van der Waals surface area contributed by atoms with Gasteiger partial charge < -0.3 is 10.4 Å². The molecular formula is C18H23FN4O5. The molecule has 9 nitrogen and oxygen atoms in total. The van der Waals surface area contributed by atoms with Crippen molar-refractivity contribution in [3.8, 4) is 0 Å². The summed E-state index contributed by atoms with van der Waals surface area (Å²) in [6, 6.07) is -0.391. The molecule has 0 aromatic carbocycles. The van der Waals surface area contributed by atoms with Crippen LogP contribution in [0, 0.1) is 5.92 Å². The third-order valence-corrected chi connectivity index (χ3v) is 4.11. The Kier molecular flexibility index (Phi) is 6.32. The van der Waals surface area contributed by atoms with Crippen LogP contribution in [0.3, 0.4) is 0 Å². The van der Waals surface area contributed by atoms with Crippen molar-refractivity contribution in [3.05, 3.63) is 38.2 Å². The zero-order valence-electron chi connectivity index (χ0n) is 16.1. The second-order valence-electron chi connectivity index (χ2n) is 7.23. The highest BCUT2D eigenvalue weighted by molar-refractivity contribution is 6.06. The molecule has 2 aromatic heterocycles. The van der Waals surface area contributed by atoms with Gasteiger partial charge in [-0.25, -0.2) is 19.0 Å². The minimum atomic E-state index is -1.75. The van der Waals surface area contributed by atoms with E-state index in [1.165, 1.54) is 10.6 Å². The van der Waals surface area contributed by atoms with Gasteiger partial charge in [0.2, 0.25) is 0 Å². The Bertz CT molecular complexity index is 1030. The largest absolute Gasteiger partial charge is 0.480 e. The smallest absolute Gasteiger partial charge is 0.330 e. The maximum atomic E-state index is 12.9. The first-order valence-corrected chi connectivity index (χ1v) is 8.84. The number of carbonyl (C=O) groups is 2. The maximum Gasteiger partial charge on any atom is 0.330 e. The normalized spacial score (nSPS) is 12.5. The molecule has 2 aromatic rings. The molecular weight excluding hydrogens is 371 g/mol. The quantitative estimate of drug-likeness (QED) is 0.642. The van der Waals surface area contributed by atoms with E-state index >= 15 is 0 Å². The van der Waals surface area contributed by atoms with Crippen molar-refractivity contribution < 1.29 is 19.1 Å². The Morgan fingerprint density at radius 3 is 2.43 bits per heavy atom. The van der Waals surface area contributed by atoms with Crippen molar-refractivity contribution in [2.24, 2.45) is 5.92 Å². The van der Waals surface area contributed by atoms with Gasteiger partial charge in [0.1, 0.15) is 6.67 Å². The lowest BCUT2D eigenvalue weighted by molar-refractivity contribution is -0.139. The van der Waals surface area contributed by atoms with E-state index in [9.17, 15) is 23.6 Å². The van der Waals surface area contributed by atoms with Gasteiger partial charge in [-0.15, -0.1) is 0 Å². The van der Waals surface area contributed by atoms with Gasteiger partial charge in [0.05, 0.1) is 10.9 Å². The van der Waals surface area contributed by atoms with Gasteiger partial charge in [-0.1, -0.05) is 27.7 Å². The first kappa shape index (κ1) is 21.3. The van der Waals surface area contributed by atoms with Gasteiger partial charge in [-0.3, -0.25) is 19.1 Å². The molecule has 0 radical (unpaired) electrons. The highest BCUT2D eigenvalue weighted by atomic mass is 19.1. The number of fused-ring (bicyclic) bond motifs is 1. The van der Waals surface area contributed by atoms with E-state index in [1.807, 2.05) is 27.7 Å². The Morgan fingerprint density at radius 2 is 1.93 bits per heavy atom. The van der Waals surface area contributed by atoms with Crippen molar-refractivity contribution in [1.82, 2.24) is 19.9 Å². The number of nitrogens with zero attached hydrogens (tertiary/aromatic N) is 2. The summed E-state index contributed by atoms with van der Waals surface area (Å²) < 4.78 is 14.2. The van der Waals surface area contributed by atoms with E-state index in [4.69, 9.17) is 5.11 Å². The van der Waals surface area contributed by atoms with Crippen LogP contribution in [0.1, 0.15) is 49.7 Å². The van der Waals surface area contributed by atoms with E-state index in [-0.39, 0.29) is 35.0 Å². The van der Waals surface area contributed by atoms with Gasteiger partial charge in [0.15, 0.2) is 11.7 Å². The van der Waals surface area contributed by atoms with Crippen LogP contribution in [0.25, 0.3) is 11.0 Å². The van der Waals surface area contributed by atoms with Gasteiger partial charge in [-0.2, -0.15) is 0 Å². The molecule has 0 fully saturated rings. The van der Waals surface area contributed by atoms with Crippen molar-refractivity contribution in [3.63, 3.8) is 0 Å². The molecule has 0 bridgehead atoms. The molecule has 0 saturated carbocycles. The SMILES string of the molecule is CC(C)Cn1c(=O)[nH]c(=O)c2c(C(=O)NC(CF)C(=O)O)cc(C(C)C)nc21. The number of hydrogen-bond acceptors (Lipinski definition) is 5. The summed E-state index contributed by atoms with van der Waals surface area (Å²) in [7, 11) is 0. The van der Waals surface area contributed by atoms with Crippen LogP contribution in [-0.4, -0.2) is 44.2 Å². The Labute approximate surface area is 159 Å². The molecule has 0 spiro atoms. The van der Waals surface area contributed by atoms with E-state index in [0.29, 0.717) is 5.69 Å². The first-order chi connectivity index (χ1) is 13.1. The molecule has 0 saturated heterocycles. The molecule has 0 aliphatic rings. The number of H-pyrrole nitrogens is 1. The number of amides is 1. The third kappa shape index (κ3) is 4.26. The number of carboxylic acid groups (broad SMARTS) is 1. The van der Waals surface area contributed by atoms with Crippen molar-refractivity contribution >= 4 is 22.9 Å². The number of carbonyl (C=O) groups excluding carboxylic acids is 1. The number of halogens is 1. The fourth-order valence-corrected chi connectivity index (χ4v) is 2.71. The molecule has 2 heterocycles. The zero-order chi connectivity index (χ0) is 21.2. The summed E-state index contributed by atoms with van der Waals surface area (Å²) in [6.45, 7) is 6.33. The second-order valence-corrected chi connectivity index (χ2v) is 7.23. The molecule has 28 heavy (non-hydrogen) atoms. The molecule has 2 rings (SSSR count). The van der Waals surface area contributed by atoms with Crippen LogP contribution < -0.4 is 16.6 Å². The summed E-state index contributed by atoms with van der Waals surface area (Å²) in [5, 5.41) is 10.9. The molecule has 1 atom stereocenters. The highest BCUT2D eigenvalue weighted by Gasteiger charge is 2.25. The van der Waals surface area contributed by atoms with Crippen LogP contribution in [0.15, 0.2) is 15.7 Å². The minimum Gasteiger partial charge on any atom is -0.480 e. The predicted molar refractivity (Wildman–Crippen MR) is 100 cm³/mol. The highest BCUT2D eigenvalue weighted by Crippen LogP contribution is 2.20. The zero-order valence-corrected chi connectivity index (χ0v) is 16.1. The maximum absolute atomic E-state index is 12.9. The summed E-state index contributed by atoms with van der Waals surface area (Å²) >= 11 is 0. The molecule has 152 valence electrons.